The van der Waals surface area contributed by atoms with Gasteiger partial charge in [0.05, 0.1) is 12.1 Å². The SMILES string of the molecule is CCOC(=O)CNC(=O)c1n[nH]c2ccc(N)cc12. The third-order valence-corrected chi connectivity index (χ3v) is 2.50. The average molecular weight is 262 g/mol. The summed E-state index contributed by atoms with van der Waals surface area (Å²) in [6, 6.07) is 5.10. The maximum atomic E-state index is 11.9. The Labute approximate surface area is 109 Å². The van der Waals surface area contributed by atoms with Gasteiger partial charge in [0, 0.05) is 11.1 Å². The Kier molecular flexibility index (Phi) is 3.65. The number of ether oxygens (including phenoxy) is 1. The van der Waals surface area contributed by atoms with Crippen LogP contribution in [0.4, 0.5) is 5.69 Å². The number of carbonyl (C=O) groups is 2. The Morgan fingerprint density at radius 1 is 1.47 bits per heavy atom. The molecule has 100 valence electrons. The first-order chi connectivity index (χ1) is 9.11. The average Bonchev–Trinajstić information content (AvgIpc) is 2.79. The zero-order valence-corrected chi connectivity index (χ0v) is 10.4. The van der Waals surface area contributed by atoms with Gasteiger partial charge in [0.2, 0.25) is 0 Å². The number of nitrogen functional groups attached to an aromatic ring is 1. The molecule has 19 heavy (non-hydrogen) atoms. The second-order valence-corrected chi connectivity index (χ2v) is 3.86. The van der Waals surface area contributed by atoms with Crippen LogP contribution < -0.4 is 11.1 Å². The summed E-state index contributed by atoms with van der Waals surface area (Å²) < 4.78 is 4.71. The van der Waals surface area contributed by atoms with Gasteiger partial charge in [0.25, 0.3) is 5.91 Å². The molecule has 1 aromatic carbocycles. The number of nitrogens with zero attached hydrogens (tertiary/aromatic N) is 1. The monoisotopic (exact) mass is 262 g/mol. The summed E-state index contributed by atoms with van der Waals surface area (Å²) in [5.74, 6) is -0.944. The number of anilines is 1. The summed E-state index contributed by atoms with van der Waals surface area (Å²) in [5, 5.41) is 9.70. The van der Waals surface area contributed by atoms with Crippen LogP contribution in [0.5, 0.6) is 0 Å². The predicted molar refractivity (Wildman–Crippen MR) is 69.5 cm³/mol. The minimum atomic E-state index is -0.491. The van der Waals surface area contributed by atoms with Crippen LogP contribution in [0.15, 0.2) is 18.2 Å². The summed E-state index contributed by atoms with van der Waals surface area (Å²) >= 11 is 0. The molecule has 0 radical (unpaired) electrons. The first-order valence-electron chi connectivity index (χ1n) is 5.79. The molecule has 1 aromatic heterocycles. The van der Waals surface area contributed by atoms with Crippen molar-refractivity contribution in [1.29, 1.82) is 0 Å². The van der Waals surface area contributed by atoms with Crippen molar-refractivity contribution in [2.75, 3.05) is 18.9 Å². The first kappa shape index (κ1) is 12.9. The van der Waals surface area contributed by atoms with E-state index in [-0.39, 0.29) is 18.8 Å². The van der Waals surface area contributed by atoms with Crippen LogP contribution in [0.1, 0.15) is 17.4 Å². The lowest BCUT2D eigenvalue weighted by molar-refractivity contribution is -0.141. The molecule has 0 aliphatic rings. The Balaban J connectivity index is 2.13. The summed E-state index contributed by atoms with van der Waals surface area (Å²) in [6.45, 7) is 1.78. The van der Waals surface area contributed by atoms with Crippen molar-refractivity contribution in [3.63, 3.8) is 0 Å². The van der Waals surface area contributed by atoms with Gasteiger partial charge < -0.3 is 15.8 Å². The van der Waals surface area contributed by atoms with E-state index in [9.17, 15) is 9.59 Å². The predicted octanol–water partition coefficient (Wildman–Crippen LogP) is 0.438. The Bertz CT molecular complexity index is 620. The molecule has 0 saturated carbocycles. The molecule has 0 saturated heterocycles. The Morgan fingerprint density at radius 2 is 2.26 bits per heavy atom. The molecule has 2 aromatic rings. The van der Waals surface area contributed by atoms with Crippen LogP contribution in [0.25, 0.3) is 10.9 Å². The molecule has 0 unspecified atom stereocenters. The van der Waals surface area contributed by atoms with Crippen molar-refractivity contribution in [2.45, 2.75) is 6.92 Å². The van der Waals surface area contributed by atoms with E-state index in [1.54, 1.807) is 25.1 Å². The number of H-pyrrole nitrogens is 1. The molecule has 4 N–H and O–H groups in total. The highest BCUT2D eigenvalue weighted by atomic mass is 16.5. The van der Waals surface area contributed by atoms with E-state index < -0.39 is 11.9 Å². The van der Waals surface area contributed by atoms with Crippen molar-refractivity contribution in [2.24, 2.45) is 0 Å². The smallest absolute Gasteiger partial charge is 0.325 e. The molecule has 7 nitrogen and oxygen atoms in total. The lowest BCUT2D eigenvalue weighted by Crippen LogP contribution is -2.31. The number of fused-ring (bicyclic) bond motifs is 1. The maximum Gasteiger partial charge on any atom is 0.325 e. The van der Waals surface area contributed by atoms with Crippen molar-refractivity contribution >= 4 is 28.5 Å². The highest BCUT2D eigenvalue weighted by Gasteiger charge is 2.15. The number of nitrogens with two attached hydrogens (primary N) is 1. The number of esters is 1. The molecular formula is C12H14N4O3. The number of rotatable bonds is 4. The number of aromatic nitrogens is 2. The van der Waals surface area contributed by atoms with Gasteiger partial charge in [-0.25, -0.2) is 0 Å². The van der Waals surface area contributed by atoms with Crippen LogP contribution in [-0.2, 0) is 9.53 Å². The van der Waals surface area contributed by atoms with E-state index in [4.69, 9.17) is 10.5 Å². The first-order valence-corrected chi connectivity index (χ1v) is 5.79. The number of hydrogen-bond donors (Lipinski definition) is 3. The van der Waals surface area contributed by atoms with Crippen LogP contribution in [0, 0.1) is 0 Å². The fourth-order valence-electron chi connectivity index (χ4n) is 1.65. The second-order valence-electron chi connectivity index (χ2n) is 3.86. The molecular weight excluding hydrogens is 248 g/mol. The standard InChI is InChI=1S/C12H14N4O3/c1-2-19-10(17)6-14-12(18)11-8-5-7(13)3-4-9(8)15-16-11/h3-5H,2,6,13H2,1H3,(H,14,18)(H,15,16). The van der Waals surface area contributed by atoms with E-state index >= 15 is 0 Å². The van der Waals surface area contributed by atoms with Crippen LogP contribution in [0.3, 0.4) is 0 Å². The summed E-state index contributed by atoms with van der Waals surface area (Å²) in [6.07, 6.45) is 0. The lowest BCUT2D eigenvalue weighted by Gasteiger charge is -2.03. The summed E-state index contributed by atoms with van der Waals surface area (Å²) in [7, 11) is 0. The van der Waals surface area contributed by atoms with Gasteiger partial charge in [-0.1, -0.05) is 0 Å². The van der Waals surface area contributed by atoms with Gasteiger partial charge >= 0.3 is 5.97 Å². The summed E-state index contributed by atoms with van der Waals surface area (Å²) in [5.41, 5.74) is 7.11. The van der Waals surface area contributed by atoms with E-state index in [0.717, 1.165) is 0 Å². The van der Waals surface area contributed by atoms with Gasteiger partial charge in [0.15, 0.2) is 5.69 Å². The zero-order chi connectivity index (χ0) is 13.8. The summed E-state index contributed by atoms with van der Waals surface area (Å²) in [4.78, 5) is 23.0. The van der Waals surface area contributed by atoms with Crippen molar-refractivity contribution in [3.8, 4) is 0 Å². The molecule has 0 aliphatic carbocycles. The highest BCUT2D eigenvalue weighted by Crippen LogP contribution is 2.18. The van der Waals surface area contributed by atoms with Gasteiger partial charge in [-0.15, -0.1) is 0 Å². The van der Waals surface area contributed by atoms with E-state index in [0.29, 0.717) is 16.6 Å². The molecule has 0 spiro atoms. The quantitative estimate of drug-likeness (QED) is 0.547. The van der Waals surface area contributed by atoms with E-state index in [1.807, 2.05) is 0 Å². The minimum Gasteiger partial charge on any atom is -0.465 e. The number of aromatic amines is 1. The largest absolute Gasteiger partial charge is 0.465 e. The highest BCUT2D eigenvalue weighted by molar-refractivity contribution is 6.06. The van der Waals surface area contributed by atoms with E-state index in [2.05, 4.69) is 15.5 Å². The van der Waals surface area contributed by atoms with E-state index in [1.165, 1.54) is 0 Å². The molecule has 0 aliphatic heterocycles. The van der Waals surface area contributed by atoms with Crippen molar-refractivity contribution < 1.29 is 14.3 Å². The Morgan fingerprint density at radius 3 is 3.00 bits per heavy atom. The zero-order valence-electron chi connectivity index (χ0n) is 10.4. The van der Waals surface area contributed by atoms with Gasteiger partial charge in [0.1, 0.15) is 6.54 Å². The molecule has 0 atom stereocenters. The molecule has 7 heteroatoms. The fourth-order valence-corrected chi connectivity index (χ4v) is 1.65. The number of amides is 1. The maximum absolute atomic E-state index is 11.9. The molecule has 1 heterocycles. The number of nitrogens with one attached hydrogen (secondary N) is 2. The molecule has 0 bridgehead atoms. The fraction of sp³-hybridized carbons (Fsp3) is 0.250. The van der Waals surface area contributed by atoms with Gasteiger partial charge in [-0.05, 0) is 25.1 Å². The van der Waals surface area contributed by atoms with Gasteiger partial charge in [-0.2, -0.15) is 5.10 Å². The lowest BCUT2D eigenvalue weighted by atomic mass is 10.2. The van der Waals surface area contributed by atoms with Crippen LogP contribution in [0.2, 0.25) is 0 Å². The number of benzene rings is 1. The third kappa shape index (κ3) is 2.82. The number of carbonyl (C=O) groups excluding carboxylic acids is 2. The van der Waals surface area contributed by atoms with Crippen molar-refractivity contribution in [1.82, 2.24) is 15.5 Å². The van der Waals surface area contributed by atoms with Gasteiger partial charge in [-0.3, -0.25) is 14.7 Å². The number of hydrogen-bond acceptors (Lipinski definition) is 5. The molecule has 0 fully saturated rings. The Hall–Kier alpha value is -2.57. The third-order valence-electron chi connectivity index (χ3n) is 2.50. The topological polar surface area (TPSA) is 110 Å². The second kappa shape index (κ2) is 5.38. The molecule has 1 amide bonds. The van der Waals surface area contributed by atoms with Crippen molar-refractivity contribution in [3.05, 3.63) is 23.9 Å². The van der Waals surface area contributed by atoms with Crippen LogP contribution >= 0.6 is 0 Å². The van der Waals surface area contributed by atoms with Crippen LogP contribution in [-0.4, -0.2) is 35.2 Å². The minimum absolute atomic E-state index is 0.191. The molecule has 2 rings (SSSR count). The normalized spacial score (nSPS) is 10.4.